The van der Waals surface area contributed by atoms with Crippen molar-refractivity contribution < 1.29 is 5.48 Å². The van der Waals surface area contributed by atoms with Gasteiger partial charge in [-0.3, -0.25) is 4.48 Å². The Hall–Kier alpha value is -1.38. The minimum atomic E-state index is 0. The molecule has 0 amide bonds. The number of hydrogen-bond acceptors (Lipinski definition) is 1. The van der Waals surface area contributed by atoms with E-state index in [0.717, 1.165) is 0 Å². The van der Waals surface area contributed by atoms with Crippen LogP contribution < -0.4 is 4.48 Å². The van der Waals surface area contributed by atoms with E-state index in [1.807, 2.05) is 0 Å². The Morgan fingerprint density at radius 1 is 0.500 bits per heavy atom. The molecule has 2 nitrogen and oxygen atoms in total. The van der Waals surface area contributed by atoms with Crippen molar-refractivity contribution in [2.75, 3.05) is 19.6 Å². The fourth-order valence-corrected chi connectivity index (χ4v) is 5.43. The van der Waals surface area contributed by atoms with Gasteiger partial charge in [0.1, 0.15) is 5.69 Å². The highest BCUT2D eigenvalue weighted by atomic mass is 16.0. The first-order valence-corrected chi connectivity index (χ1v) is 13.6. The number of fused-ring (bicyclic) bond motifs is 1. The van der Waals surface area contributed by atoms with Crippen molar-refractivity contribution in [3.63, 3.8) is 0 Å². The maximum Gasteiger partial charge on any atom is 0.140 e. The van der Waals surface area contributed by atoms with Crippen molar-refractivity contribution in [3.05, 3.63) is 42.5 Å². The van der Waals surface area contributed by atoms with Gasteiger partial charge in [0.2, 0.25) is 0 Å². The molecule has 2 heteroatoms. The van der Waals surface area contributed by atoms with E-state index in [1.165, 1.54) is 125 Å². The van der Waals surface area contributed by atoms with Gasteiger partial charge in [-0.05, 0) is 43.2 Å². The second kappa shape index (κ2) is 17.1. The van der Waals surface area contributed by atoms with Crippen LogP contribution in [-0.4, -0.2) is 25.1 Å². The number of hydrogen-bond donors (Lipinski definition) is 0. The molecule has 32 heavy (non-hydrogen) atoms. The molecular weight excluding hydrogens is 390 g/mol. The number of unbranched alkanes of at least 4 members (excludes halogenated alkanes) is 11. The Labute approximate surface area is 199 Å². The summed E-state index contributed by atoms with van der Waals surface area (Å²) in [6.07, 6.45) is 19.6. The predicted octanol–water partition coefficient (Wildman–Crippen LogP) is 9.49. The lowest BCUT2D eigenvalue weighted by Gasteiger charge is -2.39. The van der Waals surface area contributed by atoms with Crippen LogP contribution in [0.2, 0.25) is 0 Å². The van der Waals surface area contributed by atoms with Gasteiger partial charge < -0.3 is 5.48 Å². The van der Waals surface area contributed by atoms with Crippen molar-refractivity contribution in [3.8, 4) is 0 Å². The summed E-state index contributed by atoms with van der Waals surface area (Å²) in [6.45, 7) is 10.8. The van der Waals surface area contributed by atoms with E-state index in [9.17, 15) is 0 Å². The molecule has 0 fully saturated rings. The molecule has 2 aromatic rings. The van der Waals surface area contributed by atoms with Crippen LogP contribution in [0, 0.1) is 0 Å². The van der Waals surface area contributed by atoms with Crippen LogP contribution in [0.3, 0.4) is 0 Å². The summed E-state index contributed by atoms with van der Waals surface area (Å²) in [4.78, 5) is 0. The fourth-order valence-electron chi connectivity index (χ4n) is 5.43. The zero-order valence-corrected chi connectivity index (χ0v) is 21.5. The average molecular weight is 442 g/mol. The van der Waals surface area contributed by atoms with Crippen LogP contribution >= 0.6 is 0 Å². The van der Waals surface area contributed by atoms with Gasteiger partial charge in [0.15, 0.2) is 0 Å². The van der Waals surface area contributed by atoms with Gasteiger partial charge in [0.25, 0.3) is 0 Å². The quantitative estimate of drug-likeness (QED) is 0.167. The van der Waals surface area contributed by atoms with Crippen LogP contribution in [0.15, 0.2) is 42.5 Å². The molecule has 0 saturated heterocycles. The summed E-state index contributed by atoms with van der Waals surface area (Å²) in [5, 5.41) is 2.86. The predicted molar refractivity (Wildman–Crippen MR) is 144 cm³/mol. The molecule has 0 unspecified atom stereocenters. The molecule has 182 valence electrons. The lowest BCUT2D eigenvalue weighted by atomic mass is 10.0. The van der Waals surface area contributed by atoms with Gasteiger partial charge >= 0.3 is 0 Å². The summed E-state index contributed by atoms with van der Waals surface area (Å²) < 4.78 is 1.17. The topological polar surface area (TPSA) is 30.0 Å². The fraction of sp³-hybridized carbons (Fsp3) is 0.667. The first-order valence-electron chi connectivity index (χ1n) is 13.6. The summed E-state index contributed by atoms with van der Waals surface area (Å²) in [5.41, 5.74) is 1.56. The van der Waals surface area contributed by atoms with Gasteiger partial charge in [-0.25, -0.2) is 0 Å². The zero-order valence-electron chi connectivity index (χ0n) is 21.5. The summed E-state index contributed by atoms with van der Waals surface area (Å²) in [7, 11) is 0. The highest BCUT2D eigenvalue weighted by Crippen LogP contribution is 2.33. The monoisotopic (exact) mass is 441 g/mol. The van der Waals surface area contributed by atoms with Crippen LogP contribution in [0.25, 0.3) is 10.8 Å². The highest BCUT2D eigenvalue weighted by Gasteiger charge is 2.29. The minimum Gasteiger partial charge on any atom is -0.870 e. The molecule has 0 radical (unpaired) electrons. The molecule has 1 N–H and O–H groups in total. The number of rotatable bonds is 18. The lowest BCUT2D eigenvalue weighted by Crippen LogP contribution is -2.51. The highest BCUT2D eigenvalue weighted by molar-refractivity contribution is 5.93. The molecule has 0 heterocycles. The van der Waals surface area contributed by atoms with Gasteiger partial charge in [-0.15, -0.1) is 0 Å². The standard InChI is InChI=1S/C30H50N.H2O/c1-4-7-8-9-10-11-12-13-14-15-16-19-27-31(25-5-2,26-6-3)30-24-20-22-28-21-17-18-23-29(28)30;/h17-18,20-24H,4-16,19,25-27H2,1-3H3;1H2/q+1;/p-1. The average Bonchev–Trinajstić information content (AvgIpc) is 2.79. The smallest absolute Gasteiger partial charge is 0.140 e. The van der Waals surface area contributed by atoms with E-state index in [0.29, 0.717) is 0 Å². The van der Waals surface area contributed by atoms with E-state index in [1.54, 1.807) is 5.69 Å². The summed E-state index contributed by atoms with van der Waals surface area (Å²) in [5.74, 6) is 0. The third-order valence-electron chi connectivity index (χ3n) is 7.02. The largest absolute Gasteiger partial charge is 0.870 e. The molecule has 0 aliphatic rings. The second-order valence-electron chi connectivity index (χ2n) is 9.70. The lowest BCUT2D eigenvalue weighted by molar-refractivity contribution is 0.267. The Bertz CT molecular complexity index is 700. The van der Waals surface area contributed by atoms with Crippen molar-refractivity contribution in [2.24, 2.45) is 0 Å². The van der Waals surface area contributed by atoms with E-state index in [2.05, 4.69) is 63.2 Å². The molecule has 0 aliphatic heterocycles. The number of nitrogens with zero attached hydrogens (tertiary/aromatic N) is 1. The third kappa shape index (κ3) is 9.24. The van der Waals surface area contributed by atoms with Gasteiger partial charge in [-0.1, -0.05) is 115 Å². The molecular formula is C30H51NO. The first-order chi connectivity index (χ1) is 15.3. The first kappa shape index (κ1) is 28.7. The van der Waals surface area contributed by atoms with Crippen molar-refractivity contribution in [1.82, 2.24) is 4.48 Å². The summed E-state index contributed by atoms with van der Waals surface area (Å²) >= 11 is 0. The number of benzene rings is 2. The zero-order chi connectivity index (χ0) is 22.2. The maximum atomic E-state index is 2.41. The van der Waals surface area contributed by atoms with Gasteiger partial charge in [0.05, 0.1) is 19.6 Å². The van der Waals surface area contributed by atoms with Crippen LogP contribution in [0.5, 0.6) is 0 Å². The van der Waals surface area contributed by atoms with Crippen molar-refractivity contribution in [1.29, 1.82) is 0 Å². The Kier molecular flexibility index (Phi) is 15.3. The minimum absolute atomic E-state index is 0. The molecule has 0 spiro atoms. The van der Waals surface area contributed by atoms with E-state index in [4.69, 9.17) is 0 Å². The van der Waals surface area contributed by atoms with Gasteiger partial charge in [-0.2, -0.15) is 0 Å². The Morgan fingerprint density at radius 2 is 1.00 bits per heavy atom. The molecule has 0 bridgehead atoms. The molecule has 2 aromatic carbocycles. The number of quaternary nitrogens is 1. The molecule has 2 rings (SSSR count). The maximum absolute atomic E-state index is 2.41. The third-order valence-corrected chi connectivity index (χ3v) is 7.02. The molecule has 0 saturated carbocycles. The Morgan fingerprint density at radius 3 is 1.56 bits per heavy atom. The summed E-state index contributed by atoms with van der Waals surface area (Å²) in [6, 6.07) is 16.0. The van der Waals surface area contributed by atoms with Crippen LogP contribution in [0.1, 0.15) is 111 Å². The Balaban J connectivity index is 0.00000512. The van der Waals surface area contributed by atoms with Crippen molar-refractivity contribution in [2.45, 2.75) is 111 Å². The molecule has 0 atom stereocenters. The van der Waals surface area contributed by atoms with Crippen LogP contribution in [0.4, 0.5) is 5.69 Å². The van der Waals surface area contributed by atoms with E-state index >= 15 is 0 Å². The van der Waals surface area contributed by atoms with Gasteiger partial charge in [0, 0.05) is 5.39 Å². The van der Waals surface area contributed by atoms with Crippen LogP contribution in [-0.2, 0) is 0 Å². The van der Waals surface area contributed by atoms with E-state index in [-0.39, 0.29) is 5.48 Å². The normalized spacial score (nSPS) is 11.6. The SMILES string of the molecule is CCCCCCCCCCCCCC[N+](CCC)(CCC)c1cccc2ccccc12.[OH-]. The van der Waals surface area contributed by atoms with E-state index < -0.39 is 0 Å². The van der Waals surface area contributed by atoms with Crippen molar-refractivity contribution >= 4 is 16.5 Å². The second-order valence-corrected chi connectivity index (χ2v) is 9.70. The molecule has 0 aliphatic carbocycles. The molecule has 0 aromatic heterocycles.